The molecule has 0 aromatic heterocycles. The van der Waals surface area contributed by atoms with Gasteiger partial charge >= 0.3 is 5.97 Å². The van der Waals surface area contributed by atoms with Crippen LogP contribution < -0.4 is 10.2 Å². The Morgan fingerprint density at radius 3 is 2.31 bits per heavy atom. The van der Waals surface area contributed by atoms with Crippen LogP contribution in [0.4, 0.5) is 15.8 Å². The number of carbonyl (C=O) groups is 3. The van der Waals surface area contributed by atoms with Crippen LogP contribution in [0.15, 0.2) is 78.9 Å². The molecule has 1 aliphatic rings. The number of nitrogens with one attached hydrogen (secondary N) is 1. The smallest absolute Gasteiger partial charge is 0.338 e. The molecule has 3 aromatic rings. The van der Waals surface area contributed by atoms with Crippen LogP contribution in [0.2, 0.25) is 0 Å². The number of amides is 2. The first-order valence-corrected chi connectivity index (χ1v) is 11.8. The molecule has 36 heavy (non-hydrogen) atoms. The number of carbonyl (C=O) groups excluding carboxylic acids is 3. The SMILES string of the molecule is CCOC(=O)c1ccc(NC(=O)C[C@H]2C(=O)N(c3ccccc3)C(=S)N2Cc2ccc(F)cc2)cc1. The molecule has 1 fully saturated rings. The molecule has 1 saturated heterocycles. The third-order valence-corrected chi connectivity index (χ3v) is 6.07. The Bertz CT molecular complexity index is 1270. The second kappa shape index (κ2) is 11.1. The zero-order valence-electron chi connectivity index (χ0n) is 19.5. The maximum Gasteiger partial charge on any atom is 0.338 e. The summed E-state index contributed by atoms with van der Waals surface area (Å²) in [6.45, 7) is 2.23. The molecule has 0 saturated carbocycles. The van der Waals surface area contributed by atoms with E-state index < -0.39 is 12.0 Å². The second-order valence-electron chi connectivity index (χ2n) is 8.11. The number of para-hydroxylation sites is 1. The molecule has 0 unspecified atom stereocenters. The summed E-state index contributed by atoms with van der Waals surface area (Å²) in [6, 6.07) is 20.4. The topological polar surface area (TPSA) is 78.9 Å². The Morgan fingerprint density at radius 2 is 1.67 bits per heavy atom. The highest BCUT2D eigenvalue weighted by molar-refractivity contribution is 7.80. The number of hydrogen-bond donors (Lipinski definition) is 1. The van der Waals surface area contributed by atoms with Gasteiger partial charge < -0.3 is 15.0 Å². The van der Waals surface area contributed by atoms with Gasteiger partial charge in [0.05, 0.1) is 24.3 Å². The number of anilines is 2. The maximum absolute atomic E-state index is 13.4. The first-order chi connectivity index (χ1) is 17.4. The van der Waals surface area contributed by atoms with E-state index in [0.717, 1.165) is 5.56 Å². The average molecular weight is 506 g/mol. The highest BCUT2D eigenvalue weighted by atomic mass is 32.1. The van der Waals surface area contributed by atoms with Crippen molar-refractivity contribution >= 4 is 46.5 Å². The van der Waals surface area contributed by atoms with Gasteiger partial charge in [0.1, 0.15) is 11.9 Å². The Hall–Kier alpha value is -4.11. The molecule has 0 spiro atoms. The van der Waals surface area contributed by atoms with Crippen molar-refractivity contribution in [3.63, 3.8) is 0 Å². The number of esters is 1. The zero-order chi connectivity index (χ0) is 25.7. The molecule has 1 N–H and O–H groups in total. The minimum atomic E-state index is -0.846. The van der Waals surface area contributed by atoms with Gasteiger partial charge in [-0.05, 0) is 73.2 Å². The van der Waals surface area contributed by atoms with Gasteiger partial charge in [-0.1, -0.05) is 30.3 Å². The van der Waals surface area contributed by atoms with E-state index in [1.807, 2.05) is 6.07 Å². The van der Waals surface area contributed by atoms with Crippen molar-refractivity contribution in [1.29, 1.82) is 0 Å². The van der Waals surface area contributed by atoms with Gasteiger partial charge in [0.25, 0.3) is 5.91 Å². The van der Waals surface area contributed by atoms with Crippen molar-refractivity contribution in [3.8, 4) is 0 Å². The number of benzene rings is 3. The summed E-state index contributed by atoms with van der Waals surface area (Å²) >= 11 is 5.65. The molecule has 0 aliphatic carbocycles. The predicted octanol–water partition coefficient (Wildman–Crippen LogP) is 4.53. The molecular weight excluding hydrogens is 481 g/mol. The largest absolute Gasteiger partial charge is 0.462 e. The molecule has 7 nitrogen and oxygen atoms in total. The molecule has 3 aromatic carbocycles. The molecular formula is C27H24FN3O4S. The molecule has 0 bridgehead atoms. The van der Waals surface area contributed by atoms with E-state index in [4.69, 9.17) is 17.0 Å². The average Bonchev–Trinajstić information content (AvgIpc) is 3.10. The van der Waals surface area contributed by atoms with Crippen LogP contribution in [0.3, 0.4) is 0 Å². The standard InChI is InChI=1S/C27H24FN3O4S/c1-2-35-26(34)19-10-14-21(15-11-19)29-24(32)16-23-25(33)31(22-6-4-3-5-7-22)27(36)30(23)17-18-8-12-20(28)13-9-18/h3-15,23H,2,16-17H2,1H3,(H,29,32)/t23-/m0/s1. The monoisotopic (exact) mass is 505 g/mol. The lowest BCUT2D eigenvalue weighted by Gasteiger charge is -2.24. The van der Waals surface area contributed by atoms with Gasteiger partial charge in [-0.25, -0.2) is 9.18 Å². The van der Waals surface area contributed by atoms with E-state index in [1.54, 1.807) is 72.5 Å². The van der Waals surface area contributed by atoms with Crippen LogP contribution in [0, 0.1) is 5.82 Å². The van der Waals surface area contributed by atoms with E-state index in [-0.39, 0.29) is 42.3 Å². The molecule has 2 amide bonds. The van der Waals surface area contributed by atoms with Crippen LogP contribution in [0.1, 0.15) is 29.3 Å². The molecule has 0 radical (unpaired) electrons. The fourth-order valence-corrected chi connectivity index (χ4v) is 4.29. The summed E-state index contributed by atoms with van der Waals surface area (Å²) in [7, 11) is 0. The van der Waals surface area contributed by atoms with Gasteiger partial charge in [-0.3, -0.25) is 14.5 Å². The summed E-state index contributed by atoms with van der Waals surface area (Å²) in [4.78, 5) is 41.3. The van der Waals surface area contributed by atoms with E-state index in [2.05, 4.69) is 5.32 Å². The summed E-state index contributed by atoms with van der Waals surface area (Å²) in [6.07, 6.45) is -0.150. The van der Waals surface area contributed by atoms with Crippen LogP contribution in [0.25, 0.3) is 0 Å². The highest BCUT2D eigenvalue weighted by Gasteiger charge is 2.44. The first-order valence-electron chi connectivity index (χ1n) is 11.4. The van der Waals surface area contributed by atoms with Crippen LogP contribution in [-0.4, -0.2) is 40.4 Å². The summed E-state index contributed by atoms with van der Waals surface area (Å²) in [5, 5.41) is 3.04. The van der Waals surface area contributed by atoms with E-state index in [1.165, 1.54) is 17.0 Å². The number of nitrogens with zero attached hydrogens (tertiary/aromatic N) is 2. The van der Waals surface area contributed by atoms with E-state index >= 15 is 0 Å². The summed E-state index contributed by atoms with van der Waals surface area (Å²) < 4.78 is 18.4. The Kier molecular flexibility index (Phi) is 7.70. The third-order valence-electron chi connectivity index (χ3n) is 5.66. The van der Waals surface area contributed by atoms with Crippen LogP contribution in [0.5, 0.6) is 0 Å². The predicted molar refractivity (Wildman–Crippen MR) is 138 cm³/mol. The highest BCUT2D eigenvalue weighted by Crippen LogP contribution is 2.29. The van der Waals surface area contributed by atoms with Crippen LogP contribution in [-0.2, 0) is 20.9 Å². The Morgan fingerprint density at radius 1 is 1.00 bits per heavy atom. The molecule has 4 rings (SSSR count). The van der Waals surface area contributed by atoms with Crippen molar-refractivity contribution in [2.75, 3.05) is 16.8 Å². The number of hydrogen-bond acceptors (Lipinski definition) is 5. The number of halogens is 1. The number of ether oxygens (including phenoxy) is 1. The number of thiocarbonyl (C=S) groups is 1. The van der Waals surface area contributed by atoms with Gasteiger partial charge in [0.15, 0.2) is 5.11 Å². The summed E-state index contributed by atoms with van der Waals surface area (Å²) in [5.74, 6) is -1.52. The summed E-state index contributed by atoms with van der Waals surface area (Å²) in [5.41, 5.74) is 2.21. The van der Waals surface area contributed by atoms with Crippen molar-refractivity contribution in [2.24, 2.45) is 0 Å². The fraction of sp³-hybridized carbons (Fsp3) is 0.185. The first kappa shape index (κ1) is 25.0. The van der Waals surface area contributed by atoms with Crippen molar-refractivity contribution in [1.82, 2.24) is 4.90 Å². The van der Waals surface area contributed by atoms with Gasteiger partial charge in [-0.2, -0.15) is 0 Å². The van der Waals surface area contributed by atoms with E-state index in [9.17, 15) is 18.8 Å². The van der Waals surface area contributed by atoms with Crippen molar-refractivity contribution < 1.29 is 23.5 Å². The second-order valence-corrected chi connectivity index (χ2v) is 8.48. The van der Waals surface area contributed by atoms with Crippen molar-refractivity contribution in [3.05, 3.63) is 95.8 Å². The molecule has 9 heteroatoms. The maximum atomic E-state index is 13.4. The van der Waals surface area contributed by atoms with Crippen LogP contribution >= 0.6 is 12.2 Å². The quantitative estimate of drug-likeness (QED) is 0.358. The van der Waals surface area contributed by atoms with E-state index in [0.29, 0.717) is 16.9 Å². The fourth-order valence-electron chi connectivity index (χ4n) is 3.91. The number of rotatable bonds is 8. The Labute approximate surface area is 213 Å². The lowest BCUT2D eigenvalue weighted by molar-refractivity contribution is -0.124. The normalized spacial score (nSPS) is 15.2. The Balaban J connectivity index is 1.53. The molecule has 1 heterocycles. The van der Waals surface area contributed by atoms with Gasteiger partial charge in [0, 0.05) is 12.2 Å². The lowest BCUT2D eigenvalue weighted by Crippen LogP contribution is -2.37. The minimum absolute atomic E-state index is 0.150. The van der Waals surface area contributed by atoms with Gasteiger partial charge in [0.2, 0.25) is 5.91 Å². The lowest BCUT2D eigenvalue weighted by atomic mass is 10.1. The van der Waals surface area contributed by atoms with Gasteiger partial charge in [-0.15, -0.1) is 0 Å². The molecule has 1 aliphatic heterocycles. The zero-order valence-corrected chi connectivity index (χ0v) is 20.3. The molecule has 1 atom stereocenters. The third kappa shape index (κ3) is 5.58. The molecule has 184 valence electrons. The minimum Gasteiger partial charge on any atom is -0.462 e. The van der Waals surface area contributed by atoms with Crippen molar-refractivity contribution in [2.45, 2.75) is 25.9 Å².